The molecule has 3 aromatic rings. The summed E-state index contributed by atoms with van der Waals surface area (Å²) in [6, 6.07) is 12.0. The summed E-state index contributed by atoms with van der Waals surface area (Å²) in [6.07, 6.45) is 3.84. The quantitative estimate of drug-likeness (QED) is 0.730. The predicted octanol–water partition coefficient (Wildman–Crippen LogP) is 3.98. The summed E-state index contributed by atoms with van der Waals surface area (Å²) < 4.78 is 8.85. The molecule has 0 saturated carbocycles. The van der Waals surface area contributed by atoms with E-state index >= 15 is 0 Å². The molecule has 1 aromatic carbocycles. The van der Waals surface area contributed by atoms with Gasteiger partial charge in [-0.3, -0.25) is 4.40 Å². The number of hydrogen-bond donors (Lipinski definition) is 0. The van der Waals surface area contributed by atoms with Crippen molar-refractivity contribution in [2.75, 3.05) is 0 Å². The molecule has 3 nitrogen and oxygen atoms in total. The Morgan fingerprint density at radius 3 is 3.00 bits per heavy atom. The first-order valence-electron chi connectivity index (χ1n) is 6.03. The van der Waals surface area contributed by atoms with E-state index in [0.29, 0.717) is 6.61 Å². The fraction of sp³-hybridized carbons (Fsp3) is 0.133. The Morgan fingerprint density at radius 1 is 1.26 bits per heavy atom. The molecule has 0 unspecified atom stereocenters. The monoisotopic (exact) mass is 316 g/mol. The molecular weight excluding hydrogens is 304 g/mol. The maximum Gasteiger partial charge on any atom is 0.137 e. The van der Waals surface area contributed by atoms with E-state index in [1.54, 1.807) is 0 Å². The van der Waals surface area contributed by atoms with Crippen LogP contribution < -0.4 is 4.74 Å². The van der Waals surface area contributed by atoms with Gasteiger partial charge < -0.3 is 4.74 Å². The van der Waals surface area contributed by atoms with Crippen molar-refractivity contribution in [2.45, 2.75) is 13.5 Å². The summed E-state index contributed by atoms with van der Waals surface area (Å²) in [7, 11) is 0. The number of fused-ring (bicyclic) bond motifs is 1. The number of aromatic nitrogens is 2. The molecule has 19 heavy (non-hydrogen) atoms. The first kappa shape index (κ1) is 12.2. The largest absolute Gasteiger partial charge is 0.487 e. The lowest BCUT2D eigenvalue weighted by Gasteiger charge is -2.07. The van der Waals surface area contributed by atoms with Crippen LogP contribution in [0.15, 0.2) is 53.3 Å². The van der Waals surface area contributed by atoms with Gasteiger partial charge in [0.05, 0.1) is 11.9 Å². The summed E-state index contributed by atoms with van der Waals surface area (Å²) in [6.45, 7) is 2.55. The van der Waals surface area contributed by atoms with E-state index in [4.69, 9.17) is 4.74 Å². The lowest BCUT2D eigenvalue weighted by Crippen LogP contribution is -1.99. The van der Waals surface area contributed by atoms with Crippen molar-refractivity contribution in [2.24, 2.45) is 0 Å². The molecule has 0 N–H and O–H groups in total. The number of halogens is 1. The number of pyridine rings is 1. The van der Waals surface area contributed by atoms with Crippen molar-refractivity contribution in [1.29, 1.82) is 0 Å². The highest BCUT2D eigenvalue weighted by Crippen LogP contribution is 2.17. The highest BCUT2D eigenvalue weighted by atomic mass is 79.9. The van der Waals surface area contributed by atoms with Crippen LogP contribution in [0.3, 0.4) is 0 Å². The molecule has 0 aliphatic heterocycles. The molecule has 0 spiro atoms. The van der Waals surface area contributed by atoms with Crippen LogP contribution in [0, 0.1) is 6.92 Å². The Morgan fingerprint density at radius 2 is 2.16 bits per heavy atom. The van der Waals surface area contributed by atoms with Gasteiger partial charge in [0.1, 0.15) is 18.0 Å². The summed E-state index contributed by atoms with van der Waals surface area (Å²) in [5.74, 6) is 0.880. The number of hydrogen-bond acceptors (Lipinski definition) is 2. The van der Waals surface area contributed by atoms with E-state index < -0.39 is 0 Å². The minimum atomic E-state index is 0.501. The van der Waals surface area contributed by atoms with E-state index in [9.17, 15) is 0 Å². The second-order valence-electron chi connectivity index (χ2n) is 4.43. The Hall–Kier alpha value is -1.81. The van der Waals surface area contributed by atoms with Crippen LogP contribution in [-0.4, -0.2) is 9.38 Å². The first-order valence-corrected chi connectivity index (χ1v) is 6.82. The van der Waals surface area contributed by atoms with Crippen LogP contribution in [-0.2, 0) is 6.61 Å². The van der Waals surface area contributed by atoms with Crippen LogP contribution in [0.5, 0.6) is 5.75 Å². The number of ether oxygens (including phenoxy) is 1. The molecule has 3 rings (SSSR count). The minimum absolute atomic E-state index is 0.501. The Balaban J connectivity index is 1.84. The molecule has 0 atom stereocenters. The normalized spacial score (nSPS) is 10.8. The van der Waals surface area contributed by atoms with E-state index in [1.165, 1.54) is 5.56 Å². The zero-order chi connectivity index (χ0) is 13.2. The van der Waals surface area contributed by atoms with Crippen molar-refractivity contribution < 1.29 is 4.74 Å². The van der Waals surface area contributed by atoms with Gasteiger partial charge in [-0.1, -0.05) is 12.1 Å². The minimum Gasteiger partial charge on any atom is -0.487 e. The average molecular weight is 317 g/mol. The Labute approximate surface area is 120 Å². The molecule has 2 aromatic heterocycles. The molecule has 0 aliphatic rings. The summed E-state index contributed by atoms with van der Waals surface area (Å²) >= 11 is 3.47. The third-order valence-corrected chi connectivity index (χ3v) is 3.39. The molecule has 96 valence electrons. The van der Waals surface area contributed by atoms with Gasteiger partial charge in [-0.2, -0.15) is 0 Å². The van der Waals surface area contributed by atoms with Crippen LogP contribution in [0.25, 0.3) is 5.65 Å². The molecule has 0 bridgehead atoms. The zero-order valence-corrected chi connectivity index (χ0v) is 12.1. The first-order chi connectivity index (χ1) is 9.22. The topological polar surface area (TPSA) is 26.5 Å². The van der Waals surface area contributed by atoms with E-state index in [2.05, 4.69) is 33.9 Å². The van der Waals surface area contributed by atoms with Crippen molar-refractivity contribution in [3.05, 3.63) is 64.5 Å². The predicted molar refractivity (Wildman–Crippen MR) is 78.4 cm³/mol. The SMILES string of the molecule is Cc1cccc(OCc2cnc3ccc(Br)cn23)c1. The van der Waals surface area contributed by atoms with Crippen molar-refractivity contribution >= 4 is 21.6 Å². The lowest BCUT2D eigenvalue weighted by atomic mass is 10.2. The van der Waals surface area contributed by atoms with Gasteiger partial charge in [-0.15, -0.1) is 0 Å². The zero-order valence-electron chi connectivity index (χ0n) is 10.5. The second-order valence-corrected chi connectivity index (χ2v) is 5.35. The summed E-state index contributed by atoms with van der Waals surface area (Å²) in [5, 5.41) is 0. The molecule has 0 aliphatic carbocycles. The van der Waals surface area contributed by atoms with E-state index in [-0.39, 0.29) is 0 Å². The Bertz CT molecular complexity index is 721. The third kappa shape index (κ3) is 2.63. The third-order valence-electron chi connectivity index (χ3n) is 2.92. The smallest absolute Gasteiger partial charge is 0.137 e. The van der Waals surface area contributed by atoms with Gasteiger partial charge in [0.15, 0.2) is 0 Å². The fourth-order valence-electron chi connectivity index (χ4n) is 1.97. The van der Waals surface area contributed by atoms with Crippen LogP contribution >= 0.6 is 15.9 Å². The maximum absolute atomic E-state index is 5.80. The number of imidazole rings is 1. The van der Waals surface area contributed by atoms with Crippen LogP contribution in [0.4, 0.5) is 0 Å². The van der Waals surface area contributed by atoms with Gasteiger partial charge in [0.2, 0.25) is 0 Å². The maximum atomic E-state index is 5.80. The standard InChI is InChI=1S/C15H13BrN2O/c1-11-3-2-4-14(7-11)19-10-13-8-17-15-6-5-12(16)9-18(13)15/h2-9H,10H2,1H3. The highest BCUT2D eigenvalue weighted by molar-refractivity contribution is 9.10. The molecule has 0 saturated heterocycles. The fourth-order valence-corrected chi connectivity index (χ4v) is 2.31. The van der Waals surface area contributed by atoms with Crippen LogP contribution in [0.2, 0.25) is 0 Å². The van der Waals surface area contributed by atoms with E-state index in [1.807, 2.05) is 47.1 Å². The van der Waals surface area contributed by atoms with Gasteiger partial charge in [0, 0.05) is 10.7 Å². The number of rotatable bonds is 3. The lowest BCUT2D eigenvalue weighted by molar-refractivity contribution is 0.300. The van der Waals surface area contributed by atoms with Gasteiger partial charge in [0.25, 0.3) is 0 Å². The van der Waals surface area contributed by atoms with Crippen molar-refractivity contribution in [3.63, 3.8) is 0 Å². The van der Waals surface area contributed by atoms with Gasteiger partial charge >= 0.3 is 0 Å². The number of benzene rings is 1. The molecule has 0 fully saturated rings. The Kier molecular flexibility index (Phi) is 3.25. The van der Waals surface area contributed by atoms with Crippen molar-refractivity contribution in [1.82, 2.24) is 9.38 Å². The second kappa shape index (κ2) is 5.05. The van der Waals surface area contributed by atoms with Gasteiger partial charge in [-0.25, -0.2) is 4.98 Å². The average Bonchev–Trinajstić information content (AvgIpc) is 2.79. The molecule has 0 radical (unpaired) electrons. The van der Waals surface area contributed by atoms with Crippen molar-refractivity contribution in [3.8, 4) is 5.75 Å². The molecule has 0 amide bonds. The van der Waals surface area contributed by atoms with Gasteiger partial charge in [-0.05, 0) is 52.7 Å². The highest BCUT2D eigenvalue weighted by Gasteiger charge is 2.04. The molecule has 2 heterocycles. The molecular formula is C15H13BrN2O. The summed E-state index contributed by atoms with van der Waals surface area (Å²) in [4.78, 5) is 4.35. The number of aryl methyl sites for hydroxylation is 1. The van der Waals surface area contributed by atoms with E-state index in [0.717, 1.165) is 21.6 Å². The summed E-state index contributed by atoms with van der Waals surface area (Å²) in [5.41, 5.74) is 3.14. The number of nitrogens with zero attached hydrogens (tertiary/aromatic N) is 2. The molecule has 4 heteroatoms. The van der Waals surface area contributed by atoms with Crippen LogP contribution in [0.1, 0.15) is 11.3 Å².